The van der Waals surface area contributed by atoms with Crippen LogP contribution in [0.3, 0.4) is 0 Å². The van der Waals surface area contributed by atoms with Crippen molar-refractivity contribution in [1.29, 1.82) is 0 Å². The van der Waals surface area contributed by atoms with E-state index in [1.807, 2.05) is 0 Å². The number of pyridine rings is 1. The highest BCUT2D eigenvalue weighted by molar-refractivity contribution is 7.92. The van der Waals surface area contributed by atoms with Crippen molar-refractivity contribution in [3.05, 3.63) is 18.3 Å². The maximum atomic E-state index is 12.4. The second-order valence-corrected chi connectivity index (χ2v) is 9.61. The highest BCUT2D eigenvalue weighted by Crippen LogP contribution is 2.25. The van der Waals surface area contributed by atoms with E-state index in [4.69, 9.17) is 0 Å². The third-order valence-electron chi connectivity index (χ3n) is 4.00. The molecule has 1 unspecified atom stereocenters. The third-order valence-corrected chi connectivity index (χ3v) is 6.40. The molecule has 1 aliphatic heterocycles. The first-order chi connectivity index (χ1) is 10.6. The van der Waals surface area contributed by atoms with Crippen LogP contribution in [0.25, 0.3) is 0 Å². The van der Waals surface area contributed by atoms with Crippen molar-refractivity contribution in [3.63, 3.8) is 0 Å². The number of rotatable bonds is 3. The van der Waals surface area contributed by atoms with E-state index in [0.29, 0.717) is 6.54 Å². The zero-order chi connectivity index (χ0) is 17.3. The molecule has 128 valence electrons. The number of sulfone groups is 1. The van der Waals surface area contributed by atoms with Gasteiger partial charge in [0.1, 0.15) is 0 Å². The van der Waals surface area contributed by atoms with Crippen LogP contribution in [-0.2, 0) is 14.6 Å². The second kappa shape index (κ2) is 6.47. The van der Waals surface area contributed by atoms with Crippen molar-refractivity contribution >= 4 is 21.4 Å². The number of hydrogen-bond acceptors (Lipinski definition) is 5. The summed E-state index contributed by atoms with van der Waals surface area (Å²) in [7, 11) is -3.44. The summed E-state index contributed by atoms with van der Waals surface area (Å²) in [4.78, 5) is 17.5. The molecule has 1 aromatic heterocycles. The minimum absolute atomic E-state index is 0.0263. The summed E-state index contributed by atoms with van der Waals surface area (Å²) in [6.07, 6.45) is 3.54. The number of anilines is 1. The topological polar surface area (TPSA) is 79.4 Å². The number of carbonyl (C=O) groups is 1. The van der Waals surface area contributed by atoms with Gasteiger partial charge in [-0.15, -0.1) is 0 Å². The molecule has 0 saturated carbocycles. The highest BCUT2D eigenvalue weighted by atomic mass is 32.2. The Bertz CT molecular complexity index is 663. The van der Waals surface area contributed by atoms with Crippen LogP contribution in [0.5, 0.6) is 0 Å². The molecule has 0 aromatic carbocycles. The van der Waals surface area contributed by atoms with E-state index in [2.05, 4.69) is 15.2 Å². The van der Waals surface area contributed by atoms with E-state index >= 15 is 0 Å². The zero-order valence-corrected chi connectivity index (χ0v) is 15.0. The Balaban J connectivity index is 2.15. The zero-order valence-electron chi connectivity index (χ0n) is 14.2. The van der Waals surface area contributed by atoms with Crippen molar-refractivity contribution in [2.75, 3.05) is 18.0 Å². The lowest BCUT2D eigenvalue weighted by atomic mass is 10.1. The molecule has 2 rings (SSSR count). The first-order valence-corrected chi connectivity index (χ1v) is 9.32. The number of nitrogens with zero attached hydrogens (tertiary/aromatic N) is 2. The van der Waals surface area contributed by atoms with Crippen molar-refractivity contribution < 1.29 is 13.2 Å². The minimum Gasteiger partial charge on any atom is -0.368 e. The van der Waals surface area contributed by atoms with Gasteiger partial charge in [-0.2, -0.15) is 0 Å². The average Bonchev–Trinajstić information content (AvgIpc) is 2.46. The molecule has 7 heteroatoms. The molecule has 0 radical (unpaired) electrons. The lowest BCUT2D eigenvalue weighted by Crippen LogP contribution is -2.47. The van der Waals surface area contributed by atoms with Crippen LogP contribution in [0.1, 0.15) is 40.5 Å². The predicted octanol–water partition coefficient (Wildman–Crippen LogP) is 1.76. The summed E-state index contributed by atoms with van der Waals surface area (Å²) >= 11 is 0. The normalized spacial score (nSPS) is 19.5. The van der Waals surface area contributed by atoms with Crippen LogP contribution < -0.4 is 10.2 Å². The lowest BCUT2D eigenvalue weighted by molar-refractivity contribution is -0.119. The molecular weight excluding hydrogens is 314 g/mol. The van der Waals surface area contributed by atoms with Crippen molar-refractivity contribution in [1.82, 2.24) is 10.3 Å². The first kappa shape index (κ1) is 17.7. The van der Waals surface area contributed by atoms with Gasteiger partial charge < -0.3 is 10.2 Å². The molecule has 1 amide bonds. The number of hydrogen-bond donors (Lipinski definition) is 1. The monoisotopic (exact) mass is 339 g/mol. The molecule has 6 nitrogen and oxygen atoms in total. The van der Waals surface area contributed by atoms with Gasteiger partial charge in [0.15, 0.2) is 14.9 Å². The van der Waals surface area contributed by atoms with Gasteiger partial charge >= 0.3 is 0 Å². The van der Waals surface area contributed by atoms with E-state index in [9.17, 15) is 13.2 Å². The molecule has 1 N–H and O–H groups in total. The predicted molar refractivity (Wildman–Crippen MR) is 90.2 cm³/mol. The summed E-state index contributed by atoms with van der Waals surface area (Å²) in [5.41, 5.74) is 0.882. The number of aromatic nitrogens is 1. The van der Waals surface area contributed by atoms with Gasteiger partial charge in [-0.3, -0.25) is 4.79 Å². The Morgan fingerprint density at radius 3 is 2.57 bits per heavy atom. The highest BCUT2D eigenvalue weighted by Gasteiger charge is 2.32. The molecule has 2 heterocycles. The Morgan fingerprint density at radius 1 is 1.35 bits per heavy atom. The van der Waals surface area contributed by atoms with Gasteiger partial charge in [-0.05, 0) is 45.7 Å². The smallest absolute Gasteiger partial charge is 0.217 e. The molecule has 1 saturated heterocycles. The first-order valence-electron chi connectivity index (χ1n) is 7.84. The van der Waals surface area contributed by atoms with Crippen molar-refractivity contribution in [3.8, 4) is 0 Å². The largest absolute Gasteiger partial charge is 0.368 e. The van der Waals surface area contributed by atoms with Crippen LogP contribution in [-0.4, -0.2) is 43.2 Å². The van der Waals surface area contributed by atoms with Gasteiger partial charge in [-0.1, -0.05) is 0 Å². The maximum absolute atomic E-state index is 12.4. The minimum atomic E-state index is -3.44. The molecule has 1 aromatic rings. The van der Waals surface area contributed by atoms with Crippen LogP contribution in [0, 0.1) is 0 Å². The lowest BCUT2D eigenvalue weighted by Gasteiger charge is -2.34. The van der Waals surface area contributed by atoms with Gasteiger partial charge in [-0.25, -0.2) is 13.4 Å². The number of amides is 1. The third kappa shape index (κ3) is 4.02. The molecular formula is C16H25N3O3S. The van der Waals surface area contributed by atoms with Gasteiger partial charge in [0.2, 0.25) is 5.91 Å². The van der Waals surface area contributed by atoms with E-state index < -0.39 is 14.6 Å². The Morgan fingerprint density at radius 2 is 2.04 bits per heavy atom. The standard InChI is InChI=1S/C16H25N3O3S/c1-12(20)18-13-6-5-9-19(11-13)14-7-8-15(17-10-14)23(21,22)16(2,3)4/h7-8,10,13H,5-6,9,11H2,1-4H3,(H,18,20). The van der Waals surface area contributed by atoms with Gasteiger partial charge in [0.05, 0.1) is 16.6 Å². The molecule has 0 bridgehead atoms. The maximum Gasteiger partial charge on any atom is 0.217 e. The van der Waals surface area contributed by atoms with Crippen LogP contribution >= 0.6 is 0 Å². The number of nitrogens with one attached hydrogen (secondary N) is 1. The number of carbonyl (C=O) groups excluding carboxylic acids is 1. The van der Waals surface area contributed by atoms with E-state index in [1.54, 1.807) is 39.1 Å². The summed E-state index contributed by atoms with van der Waals surface area (Å²) in [6, 6.07) is 3.49. The molecule has 1 fully saturated rings. The van der Waals surface area contributed by atoms with Crippen molar-refractivity contribution in [2.24, 2.45) is 0 Å². The molecule has 23 heavy (non-hydrogen) atoms. The summed E-state index contributed by atoms with van der Waals surface area (Å²) in [5, 5.41) is 3.04. The quantitative estimate of drug-likeness (QED) is 0.908. The van der Waals surface area contributed by atoms with E-state index in [1.165, 1.54) is 6.92 Å². The molecule has 1 aliphatic rings. The van der Waals surface area contributed by atoms with Crippen LogP contribution in [0.2, 0.25) is 0 Å². The fourth-order valence-electron chi connectivity index (χ4n) is 2.65. The van der Waals surface area contributed by atoms with E-state index in [0.717, 1.165) is 25.1 Å². The summed E-state index contributed by atoms with van der Waals surface area (Å²) in [5.74, 6) is -0.0263. The summed E-state index contributed by atoms with van der Waals surface area (Å²) < 4.78 is 23.9. The SMILES string of the molecule is CC(=O)NC1CCCN(c2ccc(S(=O)(=O)C(C)(C)C)nc2)C1. The van der Waals surface area contributed by atoms with Gasteiger partial charge in [0, 0.05) is 26.1 Å². The Labute approximate surface area is 138 Å². The fraction of sp³-hybridized carbons (Fsp3) is 0.625. The number of piperidine rings is 1. The average molecular weight is 339 g/mol. The fourth-order valence-corrected chi connectivity index (χ4v) is 3.72. The van der Waals surface area contributed by atoms with Crippen LogP contribution in [0.15, 0.2) is 23.4 Å². The van der Waals surface area contributed by atoms with Crippen LogP contribution in [0.4, 0.5) is 5.69 Å². The second-order valence-electron chi connectivity index (χ2n) is 6.96. The molecule has 1 atom stereocenters. The Kier molecular flexibility index (Phi) is 4.98. The molecule has 0 aliphatic carbocycles. The van der Waals surface area contributed by atoms with E-state index in [-0.39, 0.29) is 17.0 Å². The molecule has 0 spiro atoms. The Hall–Kier alpha value is -1.63. The van der Waals surface area contributed by atoms with Crippen molar-refractivity contribution in [2.45, 2.75) is 56.4 Å². The van der Waals surface area contributed by atoms with Gasteiger partial charge in [0.25, 0.3) is 0 Å². The summed E-state index contributed by atoms with van der Waals surface area (Å²) in [6.45, 7) is 8.12.